The van der Waals surface area contributed by atoms with Gasteiger partial charge in [-0.1, -0.05) is 28.9 Å². The van der Waals surface area contributed by atoms with Crippen LogP contribution in [-0.4, -0.2) is 5.16 Å². The van der Waals surface area contributed by atoms with Crippen LogP contribution in [0.15, 0.2) is 33.3 Å². The average Bonchev–Trinajstić information content (AvgIpc) is 2.48. The van der Waals surface area contributed by atoms with Crippen LogP contribution >= 0.6 is 27.5 Å². The molecule has 1 aromatic carbocycles. The average molecular weight is 274 g/mol. The number of nitrogen functional groups attached to an aromatic ring is 1. The lowest BCUT2D eigenvalue weighted by Crippen LogP contribution is -1.83. The largest absolute Gasteiger partial charge is 0.380 e. The van der Waals surface area contributed by atoms with E-state index in [1.54, 1.807) is 12.1 Å². The summed E-state index contributed by atoms with van der Waals surface area (Å²) < 4.78 is 5.71. The second-order valence-electron chi connectivity index (χ2n) is 2.72. The quantitative estimate of drug-likeness (QED) is 0.867. The molecular weight excluding hydrogens is 267 g/mol. The van der Waals surface area contributed by atoms with Crippen molar-refractivity contribution in [2.75, 3.05) is 5.73 Å². The first-order valence-corrected chi connectivity index (χ1v) is 5.02. The molecule has 0 aliphatic heterocycles. The zero-order valence-corrected chi connectivity index (χ0v) is 9.34. The molecule has 2 aromatic rings. The Balaban J connectivity index is 2.55. The molecule has 14 heavy (non-hydrogen) atoms. The first-order chi connectivity index (χ1) is 6.68. The highest BCUT2D eigenvalue weighted by Gasteiger charge is 2.12. The van der Waals surface area contributed by atoms with Gasteiger partial charge in [-0.2, -0.15) is 0 Å². The second-order valence-corrected chi connectivity index (χ2v) is 3.95. The molecule has 2 rings (SSSR count). The third-order valence-electron chi connectivity index (χ3n) is 1.75. The SMILES string of the molecule is Nc1noc(-c2cccc(Cl)c2)c1Br. The van der Waals surface area contributed by atoms with Gasteiger partial charge in [0.2, 0.25) is 0 Å². The van der Waals surface area contributed by atoms with Crippen molar-refractivity contribution in [2.24, 2.45) is 0 Å². The topological polar surface area (TPSA) is 52.0 Å². The Morgan fingerprint density at radius 3 is 2.79 bits per heavy atom. The number of benzene rings is 1. The molecule has 1 heterocycles. The van der Waals surface area contributed by atoms with E-state index in [0.29, 0.717) is 21.1 Å². The predicted molar refractivity (Wildman–Crippen MR) is 59.1 cm³/mol. The van der Waals surface area contributed by atoms with Crippen LogP contribution in [0.1, 0.15) is 0 Å². The summed E-state index contributed by atoms with van der Waals surface area (Å²) in [7, 11) is 0. The van der Waals surface area contributed by atoms with E-state index < -0.39 is 0 Å². The molecule has 0 saturated heterocycles. The van der Waals surface area contributed by atoms with Gasteiger partial charge in [0.15, 0.2) is 11.6 Å². The van der Waals surface area contributed by atoms with Crippen molar-refractivity contribution < 1.29 is 4.52 Å². The molecule has 0 saturated carbocycles. The van der Waals surface area contributed by atoms with Gasteiger partial charge in [0.1, 0.15) is 4.47 Å². The minimum atomic E-state index is 0.333. The van der Waals surface area contributed by atoms with Crippen LogP contribution < -0.4 is 5.73 Å². The van der Waals surface area contributed by atoms with E-state index >= 15 is 0 Å². The second kappa shape index (κ2) is 3.63. The van der Waals surface area contributed by atoms with Crippen LogP contribution in [0.4, 0.5) is 5.82 Å². The molecule has 0 atom stereocenters. The number of halogens is 2. The minimum absolute atomic E-state index is 0.333. The molecular formula is C9H6BrClN2O. The van der Waals surface area contributed by atoms with Gasteiger partial charge < -0.3 is 10.3 Å². The molecule has 5 heteroatoms. The summed E-state index contributed by atoms with van der Waals surface area (Å²) in [6.45, 7) is 0. The number of hydrogen-bond donors (Lipinski definition) is 1. The molecule has 0 aliphatic carbocycles. The van der Waals surface area contributed by atoms with Gasteiger partial charge in [0.05, 0.1) is 0 Å². The Bertz CT molecular complexity index is 470. The highest BCUT2D eigenvalue weighted by atomic mass is 79.9. The Labute approximate surface area is 94.0 Å². The number of rotatable bonds is 1. The van der Waals surface area contributed by atoms with Crippen molar-refractivity contribution in [3.8, 4) is 11.3 Å². The highest BCUT2D eigenvalue weighted by Crippen LogP contribution is 2.33. The molecule has 0 bridgehead atoms. The van der Waals surface area contributed by atoms with Crippen LogP contribution in [0.2, 0.25) is 5.02 Å². The molecule has 0 amide bonds. The molecule has 1 aromatic heterocycles. The van der Waals surface area contributed by atoms with E-state index in [1.807, 2.05) is 12.1 Å². The smallest absolute Gasteiger partial charge is 0.183 e. The summed E-state index contributed by atoms with van der Waals surface area (Å²) >= 11 is 9.13. The van der Waals surface area contributed by atoms with Gasteiger partial charge in [0, 0.05) is 10.6 Å². The third kappa shape index (κ3) is 1.63. The first-order valence-electron chi connectivity index (χ1n) is 3.85. The van der Waals surface area contributed by atoms with Crippen LogP contribution in [-0.2, 0) is 0 Å². The van der Waals surface area contributed by atoms with Gasteiger partial charge in [-0.05, 0) is 28.1 Å². The van der Waals surface area contributed by atoms with E-state index in [-0.39, 0.29) is 0 Å². The van der Waals surface area contributed by atoms with Gasteiger partial charge in [-0.25, -0.2) is 0 Å². The number of aromatic nitrogens is 1. The lowest BCUT2D eigenvalue weighted by molar-refractivity contribution is 0.435. The maximum absolute atomic E-state index is 5.85. The van der Waals surface area contributed by atoms with E-state index in [4.69, 9.17) is 21.9 Å². The molecule has 0 unspecified atom stereocenters. The summed E-state index contributed by atoms with van der Waals surface area (Å²) in [5, 5.41) is 4.28. The fourth-order valence-corrected chi connectivity index (χ4v) is 1.66. The maximum Gasteiger partial charge on any atom is 0.183 e. The van der Waals surface area contributed by atoms with Gasteiger partial charge in [0.25, 0.3) is 0 Å². The van der Waals surface area contributed by atoms with Crippen molar-refractivity contribution in [3.63, 3.8) is 0 Å². The molecule has 0 aliphatic rings. The Kier molecular flexibility index (Phi) is 2.48. The molecule has 0 radical (unpaired) electrons. The molecule has 0 spiro atoms. The standard InChI is InChI=1S/C9H6BrClN2O/c10-7-8(14-13-9(7)12)5-2-1-3-6(11)4-5/h1-4H,(H2,12,13). The lowest BCUT2D eigenvalue weighted by Gasteiger charge is -1.96. The highest BCUT2D eigenvalue weighted by molar-refractivity contribution is 9.10. The minimum Gasteiger partial charge on any atom is -0.380 e. The van der Waals surface area contributed by atoms with E-state index in [0.717, 1.165) is 5.56 Å². The summed E-state index contributed by atoms with van der Waals surface area (Å²) in [5.74, 6) is 0.921. The van der Waals surface area contributed by atoms with Crippen LogP contribution in [0, 0.1) is 0 Å². The summed E-state index contributed by atoms with van der Waals surface area (Å²) in [6.07, 6.45) is 0. The molecule has 2 N–H and O–H groups in total. The van der Waals surface area contributed by atoms with Gasteiger partial charge in [-0.15, -0.1) is 0 Å². The van der Waals surface area contributed by atoms with Crippen molar-refractivity contribution in [2.45, 2.75) is 0 Å². The Morgan fingerprint density at radius 1 is 1.43 bits per heavy atom. The first kappa shape index (κ1) is 9.55. The maximum atomic E-state index is 5.85. The van der Waals surface area contributed by atoms with Crippen LogP contribution in [0.5, 0.6) is 0 Å². The Hall–Kier alpha value is -1.000. The zero-order valence-electron chi connectivity index (χ0n) is 7.00. The molecule has 0 fully saturated rings. The summed E-state index contributed by atoms with van der Waals surface area (Å²) in [4.78, 5) is 0. The molecule has 3 nitrogen and oxygen atoms in total. The van der Waals surface area contributed by atoms with Crippen LogP contribution in [0.3, 0.4) is 0 Å². The fourth-order valence-electron chi connectivity index (χ4n) is 1.10. The summed E-state index contributed by atoms with van der Waals surface area (Å²) in [6, 6.07) is 7.28. The van der Waals surface area contributed by atoms with E-state index in [1.165, 1.54) is 0 Å². The van der Waals surface area contributed by atoms with Gasteiger partial charge >= 0.3 is 0 Å². The van der Waals surface area contributed by atoms with Crippen LogP contribution in [0.25, 0.3) is 11.3 Å². The number of nitrogens with zero attached hydrogens (tertiary/aromatic N) is 1. The Morgan fingerprint density at radius 2 is 2.21 bits per heavy atom. The predicted octanol–water partition coefficient (Wildman–Crippen LogP) is 3.34. The van der Waals surface area contributed by atoms with Gasteiger partial charge in [-0.3, -0.25) is 0 Å². The van der Waals surface area contributed by atoms with E-state index in [2.05, 4.69) is 21.1 Å². The monoisotopic (exact) mass is 272 g/mol. The molecule has 72 valence electrons. The van der Waals surface area contributed by atoms with Crippen molar-refractivity contribution in [1.82, 2.24) is 5.16 Å². The normalized spacial score (nSPS) is 10.4. The number of anilines is 1. The zero-order chi connectivity index (χ0) is 10.1. The third-order valence-corrected chi connectivity index (χ3v) is 2.75. The van der Waals surface area contributed by atoms with E-state index in [9.17, 15) is 0 Å². The van der Waals surface area contributed by atoms with Crippen molar-refractivity contribution in [3.05, 3.63) is 33.8 Å². The number of nitrogens with two attached hydrogens (primary N) is 1. The summed E-state index contributed by atoms with van der Waals surface area (Å²) in [5.41, 5.74) is 6.37. The lowest BCUT2D eigenvalue weighted by atomic mass is 10.2. The fraction of sp³-hybridized carbons (Fsp3) is 0. The van der Waals surface area contributed by atoms with Crippen molar-refractivity contribution in [1.29, 1.82) is 0 Å². The number of hydrogen-bond acceptors (Lipinski definition) is 3. The van der Waals surface area contributed by atoms with Crippen molar-refractivity contribution >= 4 is 33.3 Å².